The van der Waals surface area contributed by atoms with Crippen LogP contribution in [0.2, 0.25) is 0 Å². The molecule has 2 amide bonds. The molecule has 2 aromatic carbocycles. The number of fused-ring (bicyclic) bond motifs is 1. The minimum Gasteiger partial charge on any atom is -0.457 e. The van der Waals surface area contributed by atoms with Gasteiger partial charge in [-0.2, -0.15) is 5.10 Å². The molecule has 40 heavy (non-hydrogen) atoms. The van der Waals surface area contributed by atoms with Gasteiger partial charge in [0.15, 0.2) is 0 Å². The zero-order valence-corrected chi connectivity index (χ0v) is 22.5. The van der Waals surface area contributed by atoms with Crippen molar-refractivity contribution in [1.82, 2.24) is 24.7 Å². The second-order valence-electron chi connectivity index (χ2n) is 9.17. The Balaban J connectivity index is 1.31. The number of hydrogen-bond acceptors (Lipinski definition) is 7. The summed E-state index contributed by atoms with van der Waals surface area (Å²) in [5, 5.41) is 9.90. The molecule has 5 rings (SSSR count). The van der Waals surface area contributed by atoms with Gasteiger partial charge in [0, 0.05) is 36.1 Å². The van der Waals surface area contributed by atoms with Crippen LogP contribution in [0.3, 0.4) is 0 Å². The van der Waals surface area contributed by atoms with E-state index in [0.717, 1.165) is 28.9 Å². The molecule has 3 heterocycles. The van der Waals surface area contributed by atoms with Crippen LogP contribution >= 0.6 is 0 Å². The van der Waals surface area contributed by atoms with Gasteiger partial charge in [0.2, 0.25) is 10.0 Å². The number of nitrogens with zero attached hydrogens (tertiary/aromatic N) is 4. The topological polar surface area (TPSA) is 156 Å². The van der Waals surface area contributed by atoms with E-state index >= 15 is 0 Å². The largest absolute Gasteiger partial charge is 0.457 e. The Hall–Kier alpha value is -4.98. The lowest BCUT2D eigenvalue weighted by Crippen LogP contribution is -2.20. The maximum atomic E-state index is 14.9. The van der Waals surface area contributed by atoms with Gasteiger partial charge < -0.3 is 20.4 Å². The lowest BCUT2D eigenvalue weighted by Gasteiger charge is -2.11. The van der Waals surface area contributed by atoms with Crippen molar-refractivity contribution < 1.29 is 22.3 Å². The predicted octanol–water partition coefficient (Wildman–Crippen LogP) is 5.35. The van der Waals surface area contributed by atoms with Crippen molar-refractivity contribution in [1.29, 1.82) is 0 Å². The molecule has 0 atom stereocenters. The molecule has 14 heteroatoms. The van der Waals surface area contributed by atoms with E-state index in [9.17, 15) is 17.6 Å². The molecule has 0 saturated carbocycles. The number of halogens is 1. The molecule has 0 aliphatic carbocycles. The van der Waals surface area contributed by atoms with Crippen LogP contribution < -0.4 is 20.1 Å². The second-order valence-corrected chi connectivity index (χ2v) is 10.9. The standard InChI is InChI=1S/C26H25FN8O4S/c1-15(2)35-13-23(25(33-35)16-4-6-21-22(10-16)30-14-29-21)32-26(36)31-20-7-5-17(11-19(20)27)39-18-8-9-28-24(12-18)34-40(3,37)38/h4-15H,1-3H3,(H,28,34)(H,29,30)(H2,31,32,36). The SMILES string of the molecule is CC(C)n1cc(NC(=O)Nc2ccc(Oc3ccnc(NS(C)(=O)=O)c3)cc2F)c(-c2ccc3nc[nH]c3c2)n1. The van der Waals surface area contributed by atoms with Crippen LogP contribution in [-0.4, -0.2) is 45.4 Å². The summed E-state index contributed by atoms with van der Waals surface area (Å²) in [5.74, 6) is -0.310. The van der Waals surface area contributed by atoms with E-state index in [-0.39, 0.29) is 29.0 Å². The molecule has 0 unspecified atom stereocenters. The lowest BCUT2D eigenvalue weighted by molar-refractivity contribution is 0.262. The Morgan fingerprint density at radius 3 is 2.55 bits per heavy atom. The van der Waals surface area contributed by atoms with Crippen LogP contribution in [0, 0.1) is 5.82 Å². The summed E-state index contributed by atoms with van der Waals surface area (Å²) in [7, 11) is -3.52. The number of aromatic nitrogens is 5. The molecular formula is C26H25FN8O4S. The van der Waals surface area contributed by atoms with Gasteiger partial charge in [-0.25, -0.2) is 27.6 Å². The Labute approximate surface area is 228 Å². The van der Waals surface area contributed by atoms with Gasteiger partial charge in [0.05, 0.1) is 35.0 Å². The highest BCUT2D eigenvalue weighted by molar-refractivity contribution is 7.92. The van der Waals surface area contributed by atoms with Crippen LogP contribution in [0.5, 0.6) is 11.5 Å². The molecule has 0 radical (unpaired) electrons. The molecule has 0 fully saturated rings. The van der Waals surface area contributed by atoms with Crippen LogP contribution in [0.1, 0.15) is 19.9 Å². The quantitative estimate of drug-likeness (QED) is 0.198. The van der Waals surface area contributed by atoms with Crippen molar-refractivity contribution in [2.75, 3.05) is 21.6 Å². The number of imidazole rings is 1. The number of ether oxygens (including phenoxy) is 1. The van der Waals surface area contributed by atoms with E-state index in [2.05, 4.69) is 35.4 Å². The fourth-order valence-corrected chi connectivity index (χ4v) is 4.33. The highest BCUT2D eigenvalue weighted by Gasteiger charge is 2.17. The van der Waals surface area contributed by atoms with Crippen molar-refractivity contribution in [3.05, 3.63) is 73.1 Å². The summed E-state index contributed by atoms with van der Waals surface area (Å²) in [4.78, 5) is 24.1. The third-order valence-electron chi connectivity index (χ3n) is 5.65. The number of carbonyl (C=O) groups excluding carboxylic acids is 1. The maximum Gasteiger partial charge on any atom is 0.323 e. The average Bonchev–Trinajstić information content (AvgIpc) is 3.51. The smallest absolute Gasteiger partial charge is 0.323 e. The summed E-state index contributed by atoms with van der Waals surface area (Å²) in [6, 6.07) is 11.7. The minimum absolute atomic E-state index is 0.0388. The first-order valence-corrected chi connectivity index (χ1v) is 13.9. The third-order valence-corrected chi connectivity index (χ3v) is 6.23. The van der Waals surface area contributed by atoms with Crippen LogP contribution in [0.25, 0.3) is 22.3 Å². The fraction of sp³-hybridized carbons (Fsp3) is 0.154. The van der Waals surface area contributed by atoms with Crippen molar-refractivity contribution in [3.8, 4) is 22.8 Å². The number of aromatic amines is 1. The number of carbonyl (C=O) groups is 1. The molecule has 0 saturated heterocycles. The Bertz CT molecular complexity index is 1820. The average molecular weight is 565 g/mol. The molecule has 12 nitrogen and oxygen atoms in total. The lowest BCUT2D eigenvalue weighted by atomic mass is 10.1. The normalized spacial score (nSPS) is 11.5. The molecule has 3 aromatic heterocycles. The summed E-state index contributed by atoms with van der Waals surface area (Å²) in [6.45, 7) is 3.93. The van der Waals surface area contributed by atoms with Gasteiger partial charge in [-0.15, -0.1) is 0 Å². The second kappa shape index (κ2) is 10.6. The van der Waals surface area contributed by atoms with Gasteiger partial charge in [-0.1, -0.05) is 6.07 Å². The molecule has 4 N–H and O–H groups in total. The van der Waals surface area contributed by atoms with Gasteiger partial charge in [-0.05, 0) is 44.2 Å². The van der Waals surface area contributed by atoms with Gasteiger partial charge in [0.1, 0.15) is 28.8 Å². The van der Waals surface area contributed by atoms with Crippen molar-refractivity contribution in [2.24, 2.45) is 0 Å². The molecule has 206 valence electrons. The van der Waals surface area contributed by atoms with Crippen LogP contribution in [0.15, 0.2) is 67.3 Å². The number of nitrogens with one attached hydrogen (secondary N) is 4. The van der Waals surface area contributed by atoms with E-state index in [1.54, 1.807) is 17.2 Å². The number of H-pyrrole nitrogens is 1. The van der Waals surface area contributed by atoms with Crippen LogP contribution in [0.4, 0.5) is 26.4 Å². The molecule has 0 aliphatic rings. The zero-order chi connectivity index (χ0) is 28.4. The monoisotopic (exact) mass is 564 g/mol. The van der Waals surface area contributed by atoms with Crippen LogP contribution in [-0.2, 0) is 10.0 Å². The number of anilines is 3. The number of benzene rings is 2. The number of urea groups is 1. The zero-order valence-electron chi connectivity index (χ0n) is 21.6. The Morgan fingerprint density at radius 1 is 1.02 bits per heavy atom. The summed E-state index contributed by atoms with van der Waals surface area (Å²) in [5.41, 5.74) is 3.32. The first-order valence-electron chi connectivity index (χ1n) is 12.1. The number of amides is 2. The number of rotatable bonds is 8. The first kappa shape index (κ1) is 26.6. The number of hydrogen-bond donors (Lipinski definition) is 4. The molecule has 0 aliphatic heterocycles. The van der Waals surface area contributed by atoms with Crippen molar-refractivity contribution in [3.63, 3.8) is 0 Å². The number of sulfonamides is 1. The highest BCUT2D eigenvalue weighted by atomic mass is 32.2. The summed E-state index contributed by atoms with van der Waals surface area (Å²) < 4.78 is 47.3. The number of pyridine rings is 1. The van der Waals surface area contributed by atoms with E-state index in [1.807, 2.05) is 32.0 Å². The molecular weight excluding hydrogens is 539 g/mol. The van der Waals surface area contributed by atoms with Gasteiger partial charge in [-0.3, -0.25) is 9.40 Å². The van der Waals surface area contributed by atoms with E-state index in [1.165, 1.54) is 30.5 Å². The highest BCUT2D eigenvalue weighted by Crippen LogP contribution is 2.31. The van der Waals surface area contributed by atoms with E-state index < -0.39 is 21.9 Å². The van der Waals surface area contributed by atoms with Crippen molar-refractivity contribution >= 4 is 44.3 Å². The van der Waals surface area contributed by atoms with Gasteiger partial charge in [0.25, 0.3) is 0 Å². The predicted molar refractivity (Wildman–Crippen MR) is 150 cm³/mol. The minimum atomic E-state index is -3.52. The maximum absolute atomic E-state index is 14.9. The Kier molecular flexibility index (Phi) is 7.09. The summed E-state index contributed by atoms with van der Waals surface area (Å²) in [6.07, 6.45) is 5.66. The Morgan fingerprint density at radius 2 is 1.80 bits per heavy atom. The fourth-order valence-electron chi connectivity index (χ4n) is 3.84. The summed E-state index contributed by atoms with van der Waals surface area (Å²) >= 11 is 0. The molecule has 0 bridgehead atoms. The van der Waals surface area contributed by atoms with Crippen molar-refractivity contribution in [2.45, 2.75) is 19.9 Å². The molecule has 0 spiro atoms. The first-order chi connectivity index (χ1) is 19.0. The van der Waals surface area contributed by atoms with E-state index in [4.69, 9.17) is 4.74 Å². The third kappa shape index (κ3) is 6.18. The van der Waals surface area contributed by atoms with Gasteiger partial charge >= 0.3 is 6.03 Å². The molecule has 5 aromatic rings. The van der Waals surface area contributed by atoms with E-state index in [0.29, 0.717) is 11.4 Å².